The van der Waals surface area contributed by atoms with E-state index in [0.717, 1.165) is 18.4 Å². The number of nitrogens with one attached hydrogen (secondary N) is 3. The number of benzene rings is 1. The van der Waals surface area contributed by atoms with Crippen molar-refractivity contribution in [3.8, 4) is 0 Å². The van der Waals surface area contributed by atoms with E-state index in [1.807, 2.05) is 13.0 Å². The second-order valence-corrected chi connectivity index (χ2v) is 9.24. The molecule has 27 heavy (non-hydrogen) atoms. The Morgan fingerprint density at radius 3 is 2.56 bits per heavy atom. The summed E-state index contributed by atoms with van der Waals surface area (Å²) in [7, 11) is -1.64. The van der Waals surface area contributed by atoms with Gasteiger partial charge in [-0.15, -0.1) is 24.0 Å². The van der Waals surface area contributed by atoms with E-state index < -0.39 is 10.0 Å². The van der Waals surface area contributed by atoms with Crippen molar-refractivity contribution in [2.24, 2.45) is 10.9 Å². The van der Waals surface area contributed by atoms with Gasteiger partial charge in [0.05, 0.1) is 21.8 Å². The fourth-order valence-electron chi connectivity index (χ4n) is 2.58. The van der Waals surface area contributed by atoms with E-state index in [1.54, 1.807) is 19.2 Å². The summed E-state index contributed by atoms with van der Waals surface area (Å²) in [5, 5.41) is 7.23. The Labute approximate surface area is 188 Å². The normalized spacial score (nSPS) is 16.2. The largest absolute Gasteiger partial charge is 0.355 e. The zero-order chi connectivity index (χ0) is 19.2. The molecule has 0 saturated heterocycles. The molecule has 0 aliphatic heterocycles. The molecule has 10 heteroatoms. The molecule has 1 atom stereocenters. The first-order valence-corrected chi connectivity index (χ1v) is 11.1. The van der Waals surface area contributed by atoms with Crippen molar-refractivity contribution in [1.29, 1.82) is 0 Å². The first-order chi connectivity index (χ1) is 12.3. The van der Waals surface area contributed by atoms with Gasteiger partial charge in [-0.2, -0.15) is 0 Å². The van der Waals surface area contributed by atoms with Crippen LogP contribution in [0.3, 0.4) is 0 Å². The number of hydrogen-bond acceptors (Lipinski definition) is 3. The fourth-order valence-corrected chi connectivity index (χ4v) is 3.89. The van der Waals surface area contributed by atoms with Gasteiger partial charge < -0.3 is 10.6 Å². The van der Waals surface area contributed by atoms with Gasteiger partial charge in [0.1, 0.15) is 0 Å². The van der Waals surface area contributed by atoms with E-state index in [2.05, 4.69) is 20.3 Å². The van der Waals surface area contributed by atoms with Gasteiger partial charge in [-0.25, -0.2) is 13.1 Å². The topological polar surface area (TPSA) is 82.6 Å². The smallest absolute Gasteiger partial charge is 0.213 e. The van der Waals surface area contributed by atoms with E-state index in [0.29, 0.717) is 28.5 Å². The highest BCUT2D eigenvalue weighted by molar-refractivity contribution is 14.0. The second kappa shape index (κ2) is 11.6. The van der Waals surface area contributed by atoms with Gasteiger partial charge in [-0.1, -0.05) is 35.7 Å². The summed E-state index contributed by atoms with van der Waals surface area (Å²) in [6, 6.07) is 5.36. The van der Waals surface area contributed by atoms with E-state index in [1.165, 1.54) is 6.42 Å². The van der Waals surface area contributed by atoms with Gasteiger partial charge in [-0.05, 0) is 43.4 Å². The number of sulfonamides is 1. The first-order valence-electron chi connectivity index (χ1n) is 8.70. The van der Waals surface area contributed by atoms with Crippen molar-refractivity contribution >= 4 is 63.2 Å². The molecule has 0 radical (unpaired) electrons. The molecule has 1 unspecified atom stereocenters. The third-order valence-corrected chi connectivity index (χ3v) is 6.59. The lowest BCUT2D eigenvalue weighted by molar-refractivity contribution is 0.316. The third-order valence-electron chi connectivity index (χ3n) is 4.50. The molecule has 1 fully saturated rings. The molecule has 0 heterocycles. The average Bonchev–Trinajstić information content (AvgIpc) is 2.54. The van der Waals surface area contributed by atoms with Gasteiger partial charge in [0, 0.05) is 20.1 Å². The average molecular weight is 549 g/mol. The van der Waals surface area contributed by atoms with Crippen LogP contribution in [0.1, 0.15) is 37.8 Å². The van der Waals surface area contributed by atoms with Crippen LogP contribution in [0.15, 0.2) is 23.2 Å². The van der Waals surface area contributed by atoms with Gasteiger partial charge >= 0.3 is 0 Å². The molecule has 0 amide bonds. The highest BCUT2D eigenvalue weighted by atomic mass is 127. The standard InChI is InChI=1S/C17H26Cl2N4O2S.HI/c1-12(14-6-7-15(18)16(19)10-14)23-17(20-2)21-8-9-26(24,25)22-11-13-4-3-5-13;/h6-7,10,12-13,22H,3-5,8-9,11H2,1-2H3,(H2,20,21,23);1H. The van der Waals surface area contributed by atoms with Crippen LogP contribution < -0.4 is 15.4 Å². The summed E-state index contributed by atoms with van der Waals surface area (Å²) in [6.07, 6.45) is 3.43. The van der Waals surface area contributed by atoms with E-state index in [4.69, 9.17) is 23.2 Å². The summed E-state index contributed by atoms with van der Waals surface area (Å²) >= 11 is 12.0. The lowest BCUT2D eigenvalue weighted by atomic mass is 9.86. The Bertz CT molecular complexity index is 742. The van der Waals surface area contributed by atoms with Crippen LogP contribution in [0.5, 0.6) is 0 Å². The van der Waals surface area contributed by atoms with Crippen LogP contribution >= 0.6 is 47.2 Å². The van der Waals surface area contributed by atoms with E-state index in [9.17, 15) is 8.42 Å². The summed E-state index contributed by atoms with van der Waals surface area (Å²) in [5.74, 6) is 1.03. The quantitative estimate of drug-likeness (QED) is 0.263. The SMILES string of the molecule is CN=C(NCCS(=O)(=O)NCC1CCC1)NC(C)c1ccc(Cl)c(Cl)c1.I. The van der Waals surface area contributed by atoms with Gasteiger partial charge in [0.25, 0.3) is 0 Å². The minimum atomic E-state index is -3.28. The minimum Gasteiger partial charge on any atom is -0.355 e. The number of guanidine groups is 1. The molecule has 1 aromatic rings. The fraction of sp³-hybridized carbons (Fsp3) is 0.588. The molecule has 1 aliphatic carbocycles. The molecule has 0 spiro atoms. The molecular formula is C17H27Cl2IN4O2S. The van der Waals surface area contributed by atoms with Gasteiger partial charge in [0.2, 0.25) is 10.0 Å². The first kappa shape index (κ1) is 24.7. The van der Waals surface area contributed by atoms with E-state index >= 15 is 0 Å². The van der Waals surface area contributed by atoms with Crippen LogP contribution in [-0.4, -0.2) is 40.3 Å². The van der Waals surface area contributed by atoms with Crippen LogP contribution in [-0.2, 0) is 10.0 Å². The zero-order valence-corrected chi connectivity index (χ0v) is 20.1. The van der Waals surface area contributed by atoms with Crippen molar-refractivity contribution in [3.05, 3.63) is 33.8 Å². The summed E-state index contributed by atoms with van der Waals surface area (Å²) in [4.78, 5) is 4.13. The van der Waals surface area contributed by atoms with Gasteiger partial charge in [0.15, 0.2) is 5.96 Å². The van der Waals surface area contributed by atoms with Crippen molar-refractivity contribution in [2.45, 2.75) is 32.2 Å². The Hall–Kier alpha value is -0.290. The minimum absolute atomic E-state index is 0. The maximum absolute atomic E-state index is 12.0. The maximum atomic E-state index is 12.0. The summed E-state index contributed by atoms with van der Waals surface area (Å²) in [6.45, 7) is 2.78. The number of halogens is 3. The Kier molecular flexibility index (Phi) is 10.7. The number of aliphatic imine (C=N–C) groups is 1. The number of rotatable bonds is 8. The lowest BCUT2D eigenvalue weighted by Crippen LogP contribution is -2.42. The maximum Gasteiger partial charge on any atom is 0.213 e. The molecule has 1 aromatic carbocycles. The van der Waals surface area contributed by atoms with Crippen LogP contribution in [0.4, 0.5) is 0 Å². The Balaban J connectivity index is 0.00000364. The molecule has 6 nitrogen and oxygen atoms in total. The molecule has 0 aromatic heterocycles. The second-order valence-electron chi connectivity index (χ2n) is 6.50. The van der Waals surface area contributed by atoms with Crippen LogP contribution in [0.2, 0.25) is 10.0 Å². The predicted molar refractivity (Wildman–Crippen MR) is 124 cm³/mol. The molecule has 154 valence electrons. The summed E-state index contributed by atoms with van der Waals surface area (Å²) < 4.78 is 26.7. The van der Waals surface area contributed by atoms with Crippen molar-refractivity contribution in [1.82, 2.24) is 15.4 Å². The van der Waals surface area contributed by atoms with Crippen molar-refractivity contribution in [2.75, 3.05) is 25.9 Å². The highest BCUT2D eigenvalue weighted by Gasteiger charge is 2.20. The van der Waals surface area contributed by atoms with Gasteiger partial charge in [-0.3, -0.25) is 4.99 Å². The molecule has 2 rings (SSSR count). The van der Waals surface area contributed by atoms with Crippen LogP contribution in [0.25, 0.3) is 0 Å². The number of hydrogen-bond donors (Lipinski definition) is 3. The Morgan fingerprint density at radius 1 is 1.30 bits per heavy atom. The van der Waals surface area contributed by atoms with Crippen molar-refractivity contribution < 1.29 is 8.42 Å². The molecule has 3 N–H and O–H groups in total. The van der Waals surface area contributed by atoms with Crippen LogP contribution in [0, 0.1) is 5.92 Å². The predicted octanol–water partition coefficient (Wildman–Crippen LogP) is 3.56. The molecular weight excluding hydrogens is 522 g/mol. The molecule has 0 bridgehead atoms. The van der Waals surface area contributed by atoms with E-state index in [-0.39, 0.29) is 42.3 Å². The number of nitrogens with zero attached hydrogens (tertiary/aromatic N) is 1. The molecule has 1 aliphatic rings. The zero-order valence-electron chi connectivity index (χ0n) is 15.5. The highest BCUT2D eigenvalue weighted by Crippen LogP contribution is 2.26. The Morgan fingerprint density at radius 2 is 2.00 bits per heavy atom. The van der Waals surface area contributed by atoms with Crippen molar-refractivity contribution in [3.63, 3.8) is 0 Å². The lowest BCUT2D eigenvalue weighted by Gasteiger charge is -2.25. The monoisotopic (exact) mass is 548 g/mol. The molecule has 1 saturated carbocycles. The third kappa shape index (κ3) is 8.31. The summed E-state index contributed by atoms with van der Waals surface area (Å²) in [5.41, 5.74) is 0.956.